The van der Waals surface area contributed by atoms with Gasteiger partial charge in [-0.1, -0.05) is 29.8 Å². The zero-order valence-electron chi connectivity index (χ0n) is 19.1. The van der Waals surface area contributed by atoms with Gasteiger partial charge in [-0.25, -0.2) is 24.6 Å². The molecule has 0 spiro atoms. The standard InChI is InChI=1S/C22H25F3N6O3/c1-5-34-21(33)30(4)17-12-31(29-18(17)15-8-6-13(2)7-9-15)20(32)28-14(3)16-10-26-19(27-11-16)22(23,24)25/h6-11,14,17H,5,12H2,1-4H3,(H,28,32)/t14-,17+/m1/s1. The molecule has 2 heterocycles. The summed E-state index contributed by atoms with van der Waals surface area (Å²) in [6.07, 6.45) is -3.17. The highest BCUT2D eigenvalue weighted by Gasteiger charge is 2.37. The number of likely N-dealkylation sites (N-methyl/N-ethyl adjacent to an activating group) is 1. The lowest BCUT2D eigenvalue weighted by atomic mass is 10.0. The van der Waals surface area contributed by atoms with Gasteiger partial charge in [0.15, 0.2) is 0 Å². The van der Waals surface area contributed by atoms with Gasteiger partial charge in [-0.2, -0.15) is 18.3 Å². The summed E-state index contributed by atoms with van der Waals surface area (Å²) in [5.74, 6) is -1.26. The number of aryl methyl sites for hydroxylation is 1. The summed E-state index contributed by atoms with van der Waals surface area (Å²) in [5, 5.41) is 8.29. The molecule has 0 fully saturated rings. The molecule has 0 bridgehead atoms. The fourth-order valence-electron chi connectivity index (χ4n) is 3.30. The fraction of sp³-hybridized carbons (Fsp3) is 0.409. The van der Waals surface area contributed by atoms with E-state index in [0.717, 1.165) is 23.5 Å². The summed E-state index contributed by atoms with van der Waals surface area (Å²) >= 11 is 0. The quantitative estimate of drug-likeness (QED) is 0.706. The van der Waals surface area contributed by atoms with Crippen molar-refractivity contribution in [3.05, 3.63) is 59.2 Å². The molecule has 0 radical (unpaired) electrons. The SMILES string of the molecule is CCOC(=O)N(C)[C@H]1CN(C(=O)N[C@H](C)c2cnc(C(F)(F)F)nc2)N=C1c1ccc(C)cc1. The highest BCUT2D eigenvalue weighted by molar-refractivity contribution is 6.07. The first-order valence-corrected chi connectivity index (χ1v) is 10.5. The molecule has 1 aromatic heterocycles. The van der Waals surface area contributed by atoms with Crippen LogP contribution in [0.4, 0.5) is 22.8 Å². The lowest BCUT2D eigenvalue weighted by molar-refractivity contribution is -0.145. The van der Waals surface area contributed by atoms with Crippen molar-refractivity contribution in [3.8, 4) is 0 Å². The second-order valence-corrected chi connectivity index (χ2v) is 7.77. The zero-order valence-corrected chi connectivity index (χ0v) is 19.1. The van der Waals surface area contributed by atoms with Gasteiger partial charge in [-0.15, -0.1) is 0 Å². The van der Waals surface area contributed by atoms with Crippen molar-refractivity contribution in [2.24, 2.45) is 5.10 Å². The molecular formula is C22H25F3N6O3. The summed E-state index contributed by atoms with van der Waals surface area (Å²) in [7, 11) is 1.57. The van der Waals surface area contributed by atoms with E-state index >= 15 is 0 Å². The maximum absolute atomic E-state index is 12.9. The first-order valence-electron chi connectivity index (χ1n) is 10.5. The van der Waals surface area contributed by atoms with Crippen molar-refractivity contribution in [1.29, 1.82) is 0 Å². The maximum atomic E-state index is 12.9. The Balaban J connectivity index is 1.79. The minimum Gasteiger partial charge on any atom is -0.450 e. The van der Waals surface area contributed by atoms with Gasteiger partial charge in [0.1, 0.15) is 0 Å². The average molecular weight is 478 g/mol. The third-order valence-corrected chi connectivity index (χ3v) is 5.26. The summed E-state index contributed by atoms with van der Waals surface area (Å²) < 4.78 is 43.2. The van der Waals surface area contributed by atoms with E-state index in [1.165, 1.54) is 9.91 Å². The first kappa shape index (κ1) is 24.9. The van der Waals surface area contributed by atoms with E-state index < -0.39 is 36.2 Å². The van der Waals surface area contributed by atoms with Crippen molar-refractivity contribution < 1.29 is 27.5 Å². The van der Waals surface area contributed by atoms with E-state index in [0.29, 0.717) is 11.3 Å². The summed E-state index contributed by atoms with van der Waals surface area (Å²) in [5.41, 5.74) is 2.59. The Morgan fingerprint density at radius 3 is 2.41 bits per heavy atom. The Bertz CT molecular complexity index is 1060. The highest BCUT2D eigenvalue weighted by atomic mass is 19.4. The van der Waals surface area contributed by atoms with Gasteiger partial charge in [-0.3, -0.25) is 0 Å². The molecule has 1 aliphatic heterocycles. The molecule has 2 atom stereocenters. The predicted octanol–water partition coefficient (Wildman–Crippen LogP) is 3.75. The molecule has 1 aromatic carbocycles. The molecule has 9 nitrogen and oxygen atoms in total. The third kappa shape index (κ3) is 5.61. The number of nitrogens with one attached hydrogen (secondary N) is 1. The molecule has 0 unspecified atom stereocenters. The van der Waals surface area contributed by atoms with E-state index in [4.69, 9.17) is 4.74 Å². The zero-order chi connectivity index (χ0) is 25.0. The molecule has 3 amide bonds. The Morgan fingerprint density at radius 1 is 1.24 bits per heavy atom. The Hall–Kier alpha value is -3.70. The van der Waals surface area contributed by atoms with E-state index in [1.54, 1.807) is 20.9 Å². The number of benzene rings is 1. The van der Waals surface area contributed by atoms with Crippen LogP contribution in [0.2, 0.25) is 0 Å². The molecule has 34 heavy (non-hydrogen) atoms. The van der Waals surface area contributed by atoms with Crippen LogP contribution < -0.4 is 5.32 Å². The van der Waals surface area contributed by atoms with Crippen molar-refractivity contribution >= 4 is 17.8 Å². The summed E-state index contributed by atoms with van der Waals surface area (Å²) in [6.45, 7) is 5.49. The topological polar surface area (TPSA) is 100 Å². The first-order chi connectivity index (χ1) is 16.0. The number of halogens is 3. The van der Waals surface area contributed by atoms with Crippen LogP contribution in [0.25, 0.3) is 0 Å². The molecule has 2 aromatic rings. The Kier molecular flexibility index (Phi) is 7.38. The summed E-state index contributed by atoms with van der Waals surface area (Å²) in [4.78, 5) is 33.3. The number of carbonyl (C=O) groups is 2. The number of hydrogen-bond acceptors (Lipinski definition) is 6. The number of hydrazone groups is 1. The predicted molar refractivity (Wildman–Crippen MR) is 117 cm³/mol. The van der Waals surface area contributed by atoms with Crippen molar-refractivity contribution in [3.63, 3.8) is 0 Å². The van der Waals surface area contributed by atoms with Crippen molar-refractivity contribution in [2.75, 3.05) is 20.2 Å². The van der Waals surface area contributed by atoms with Gasteiger partial charge in [0.2, 0.25) is 5.82 Å². The highest BCUT2D eigenvalue weighted by Crippen LogP contribution is 2.26. The number of rotatable bonds is 5. The lowest BCUT2D eigenvalue weighted by Gasteiger charge is -2.25. The van der Waals surface area contributed by atoms with Gasteiger partial charge in [-0.05, 0) is 26.3 Å². The molecule has 182 valence electrons. The number of carbonyl (C=O) groups excluding carboxylic acids is 2. The van der Waals surface area contributed by atoms with Gasteiger partial charge in [0.25, 0.3) is 0 Å². The van der Waals surface area contributed by atoms with Gasteiger partial charge in [0, 0.05) is 25.0 Å². The third-order valence-electron chi connectivity index (χ3n) is 5.26. The number of ether oxygens (including phenoxy) is 1. The van der Waals surface area contributed by atoms with Crippen molar-refractivity contribution in [1.82, 2.24) is 25.2 Å². The van der Waals surface area contributed by atoms with Crippen LogP contribution in [-0.2, 0) is 10.9 Å². The number of aromatic nitrogens is 2. The average Bonchev–Trinajstić information content (AvgIpc) is 3.24. The van der Waals surface area contributed by atoms with E-state index in [-0.39, 0.29) is 13.2 Å². The molecule has 12 heteroatoms. The second-order valence-electron chi connectivity index (χ2n) is 7.77. The van der Waals surface area contributed by atoms with E-state index in [1.807, 2.05) is 31.2 Å². The molecule has 1 N–H and O–H groups in total. The molecular weight excluding hydrogens is 453 g/mol. The molecule has 3 rings (SSSR count). The second kappa shape index (κ2) is 10.1. The van der Waals surface area contributed by atoms with E-state index in [2.05, 4.69) is 20.4 Å². The van der Waals surface area contributed by atoms with E-state index in [9.17, 15) is 22.8 Å². The monoisotopic (exact) mass is 478 g/mol. The largest absolute Gasteiger partial charge is 0.451 e. The molecule has 0 saturated heterocycles. The van der Waals surface area contributed by atoms with Crippen molar-refractivity contribution in [2.45, 2.75) is 39.0 Å². The van der Waals surface area contributed by atoms with Gasteiger partial charge < -0.3 is 15.0 Å². The van der Waals surface area contributed by atoms with Gasteiger partial charge >= 0.3 is 18.3 Å². The van der Waals surface area contributed by atoms with Crippen LogP contribution in [0.1, 0.15) is 42.4 Å². The summed E-state index contributed by atoms with van der Waals surface area (Å²) in [6, 6.07) is 5.67. The maximum Gasteiger partial charge on any atom is 0.451 e. The molecule has 1 aliphatic rings. The van der Waals surface area contributed by atoms with Crippen LogP contribution in [0.5, 0.6) is 0 Å². The Labute approximate surface area is 194 Å². The van der Waals surface area contributed by atoms with Crippen LogP contribution >= 0.6 is 0 Å². The van der Waals surface area contributed by atoms with Crippen LogP contribution in [-0.4, -0.2) is 64.0 Å². The van der Waals surface area contributed by atoms with Gasteiger partial charge in [0.05, 0.1) is 30.9 Å². The minimum atomic E-state index is -4.65. The smallest absolute Gasteiger partial charge is 0.450 e. The number of amides is 3. The molecule has 0 aliphatic carbocycles. The minimum absolute atomic E-state index is 0.0700. The number of alkyl halides is 3. The lowest BCUT2D eigenvalue weighted by Crippen LogP contribution is -2.46. The normalized spacial score (nSPS) is 16.6. The Morgan fingerprint density at radius 2 is 1.85 bits per heavy atom. The fourth-order valence-corrected chi connectivity index (χ4v) is 3.30. The van der Waals surface area contributed by atoms with Crippen LogP contribution in [0.3, 0.4) is 0 Å². The molecule has 0 saturated carbocycles. The van der Waals surface area contributed by atoms with Crippen LogP contribution in [0, 0.1) is 6.92 Å². The number of nitrogens with zero attached hydrogens (tertiary/aromatic N) is 5. The number of urea groups is 1. The number of hydrogen-bond donors (Lipinski definition) is 1. The van der Waals surface area contributed by atoms with Crippen LogP contribution in [0.15, 0.2) is 41.8 Å².